The fraction of sp³-hybridized carbons (Fsp3) is 0.200. The molecule has 19 heavy (non-hydrogen) atoms. The molecule has 0 spiro atoms. The second kappa shape index (κ2) is 5.73. The largest absolute Gasteiger partial charge is 0.320 e. The summed E-state index contributed by atoms with van der Waals surface area (Å²) in [4.78, 5) is 0. The first-order valence-corrected chi connectivity index (χ1v) is 7.46. The molecule has 0 saturated heterocycles. The summed E-state index contributed by atoms with van der Waals surface area (Å²) in [6.45, 7) is 4.01. The minimum Gasteiger partial charge on any atom is -0.320 e. The molecule has 1 nitrogen and oxygen atoms in total. The molecule has 0 aliphatic rings. The Hall–Kier alpha value is -0.710. The zero-order valence-electron chi connectivity index (χ0n) is 10.7. The lowest BCUT2D eigenvalue weighted by Gasteiger charge is -2.16. The summed E-state index contributed by atoms with van der Waals surface area (Å²) in [5, 5.41) is 0. The summed E-state index contributed by atoms with van der Waals surface area (Å²) in [5.74, 6) is -0.283. The molecule has 0 heterocycles. The Kier molecular flexibility index (Phi) is 4.43. The number of nitrogens with two attached hydrogens (primary N) is 1. The van der Waals surface area contributed by atoms with Gasteiger partial charge in [0.05, 0.1) is 6.04 Å². The van der Waals surface area contributed by atoms with Gasteiger partial charge in [0.2, 0.25) is 0 Å². The van der Waals surface area contributed by atoms with Gasteiger partial charge in [-0.15, -0.1) is 0 Å². The van der Waals surface area contributed by atoms with E-state index in [0.717, 1.165) is 25.6 Å². The van der Waals surface area contributed by atoms with Crippen LogP contribution in [0.15, 0.2) is 39.3 Å². The molecule has 2 aromatic carbocycles. The van der Waals surface area contributed by atoms with Crippen molar-refractivity contribution >= 4 is 31.9 Å². The average Bonchev–Trinajstić information content (AvgIpc) is 2.37. The van der Waals surface area contributed by atoms with Gasteiger partial charge in [-0.1, -0.05) is 44.0 Å². The second-order valence-corrected chi connectivity index (χ2v) is 6.32. The maximum atomic E-state index is 13.9. The van der Waals surface area contributed by atoms with Crippen LogP contribution in [0.2, 0.25) is 0 Å². The highest BCUT2D eigenvalue weighted by Gasteiger charge is 2.15. The van der Waals surface area contributed by atoms with Crippen LogP contribution in [0.1, 0.15) is 28.3 Å². The molecule has 0 saturated carbocycles. The van der Waals surface area contributed by atoms with E-state index in [2.05, 4.69) is 31.9 Å². The van der Waals surface area contributed by atoms with Crippen molar-refractivity contribution in [1.82, 2.24) is 0 Å². The van der Waals surface area contributed by atoms with E-state index in [1.54, 1.807) is 12.1 Å². The molecule has 0 aliphatic heterocycles. The fourth-order valence-corrected chi connectivity index (χ4v) is 2.70. The first kappa shape index (κ1) is 14.7. The zero-order chi connectivity index (χ0) is 14.2. The van der Waals surface area contributed by atoms with Gasteiger partial charge in [0.15, 0.2) is 0 Å². The van der Waals surface area contributed by atoms with Gasteiger partial charge < -0.3 is 5.73 Å². The van der Waals surface area contributed by atoms with Crippen molar-refractivity contribution in [2.75, 3.05) is 0 Å². The van der Waals surface area contributed by atoms with E-state index in [4.69, 9.17) is 5.73 Å². The number of rotatable bonds is 2. The SMILES string of the molecule is Cc1cc(C(N)c2cc(Br)ccc2F)cc(C)c1Br. The fourth-order valence-electron chi connectivity index (χ4n) is 2.09. The van der Waals surface area contributed by atoms with E-state index in [1.807, 2.05) is 26.0 Å². The van der Waals surface area contributed by atoms with Crippen molar-refractivity contribution in [3.8, 4) is 0 Å². The number of hydrogen-bond donors (Lipinski definition) is 1. The second-order valence-electron chi connectivity index (χ2n) is 4.61. The third-order valence-electron chi connectivity index (χ3n) is 3.11. The van der Waals surface area contributed by atoms with Gasteiger partial charge in [-0.05, 0) is 48.7 Å². The molecule has 0 aliphatic carbocycles. The van der Waals surface area contributed by atoms with E-state index in [0.29, 0.717) is 5.56 Å². The van der Waals surface area contributed by atoms with Gasteiger partial charge in [0.25, 0.3) is 0 Å². The van der Waals surface area contributed by atoms with Crippen LogP contribution in [0.3, 0.4) is 0 Å². The molecule has 2 N–H and O–H groups in total. The van der Waals surface area contributed by atoms with Gasteiger partial charge in [-0.2, -0.15) is 0 Å². The van der Waals surface area contributed by atoms with E-state index >= 15 is 0 Å². The molecule has 0 bridgehead atoms. The lowest BCUT2D eigenvalue weighted by molar-refractivity contribution is 0.599. The Balaban J connectivity index is 2.49. The Morgan fingerprint density at radius 1 is 1.05 bits per heavy atom. The van der Waals surface area contributed by atoms with Crippen LogP contribution in [-0.4, -0.2) is 0 Å². The highest BCUT2D eigenvalue weighted by atomic mass is 79.9. The molecule has 4 heteroatoms. The van der Waals surface area contributed by atoms with E-state index in [9.17, 15) is 4.39 Å². The molecule has 0 radical (unpaired) electrons. The molecule has 100 valence electrons. The van der Waals surface area contributed by atoms with Crippen LogP contribution in [-0.2, 0) is 0 Å². The molecule has 1 unspecified atom stereocenters. The van der Waals surface area contributed by atoms with Gasteiger partial charge in [0.1, 0.15) is 5.82 Å². The first-order valence-electron chi connectivity index (χ1n) is 5.87. The lowest BCUT2D eigenvalue weighted by atomic mass is 9.96. The summed E-state index contributed by atoms with van der Waals surface area (Å²) in [6, 6.07) is 8.33. The normalized spacial score (nSPS) is 12.5. The van der Waals surface area contributed by atoms with Crippen molar-refractivity contribution < 1.29 is 4.39 Å². The maximum Gasteiger partial charge on any atom is 0.128 e. The van der Waals surface area contributed by atoms with Crippen LogP contribution in [0, 0.1) is 19.7 Å². The summed E-state index contributed by atoms with van der Waals surface area (Å²) in [7, 11) is 0. The van der Waals surface area contributed by atoms with Gasteiger partial charge in [0, 0.05) is 14.5 Å². The minimum absolute atomic E-state index is 0.283. The quantitative estimate of drug-likeness (QED) is 0.770. The summed E-state index contributed by atoms with van der Waals surface area (Å²) < 4.78 is 15.8. The van der Waals surface area contributed by atoms with Crippen molar-refractivity contribution in [2.24, 2.45) is 5.73 Å². The first-order chi connectivity index (χ1) is 8.90. The van der Waals surface area contributed by atoms with Crippen molar-refractivity contribution in [3.63, 3.8) is 0 Å². The van der Waals surface area contributed by atoms with E-state index in [-0.39, 0.29) is 5.82 Å². The molecule has 0 amide bonds. The Labute approximate surface area is 129 Å². The Morgan fingerprint density at radius 3 is 2.21 bits per heavy atom. The third-order valence-corrected chi connectivity index (χ3v) is 4.86. The van der Waals surface area contributed by atoms with E-state index in [1.165, 1.54) is 6.07 Å². The number of hydrogen-bond acceptors (Lipinski definition) is 1. The standard InChI is InChI=1S/C15H14Br2FN/c1-8-5-10(6-9(2)14(8)17)15(19)12-7-11(16)3-4-13(12)18/h3-7,15H,19H2,1-2H3. The lowest BCUT2D eigenvalue weighted by Crippen LogP contribution is -2.14. The molecular weight excluding hydrogens is 373 g/mol. The van der Waals surface area contributed by atoms with Gasteiger partial charge in [-0.3, -0.25) is 0 Å². The minimum atomic E-state index is -0.469. The molecule has 1 atom stereocenters. The van der Waals surface area contributed by atoms with Crippen molar-refractivity contribution in [2.45, 2.75) is 19.9 Å². The molecule has 0 fully saturated rings. The summed E-state index contributed by atoms with van der Waals surface area (Å²) >= 11 is 6.87. The number of aryl methyl sites for hydroxylation is 2. The predicted molar refractivity (Wildman–Crippen MR) is 83.7 cm³/mol. The average molecular weight is 387 g/mol. The molecule has 0 aromatic heterocycles. The number of halogens is 3. The van der Waals surface area contributed by atoms with Crippen molar-refractivity contribution in [1.29, 1.82) is 0 Å². The van der Waals surface area contributed by atoms with Crippen LogP contribution in [0.4, 0.5) is 4.39 Å². The van der Waals surface area contributed by atoms with Crippen LogP contribution >= 0.6 is 31.9 Å². The highest BCUT2D eigenvalue weighted by Crippen LogP contribution is 2.29. The van der Waals surface area contributed by atoms with Gasteiger partial charge >= 0.3 is 0 Å². The monoisotopic (exact) mass is 385 g/mol. The summed E-state index contributed by atoms with van der Waals surface area (Å²) in [6.07, 6.45) is 0. The Bertz CT molecular complexity index is 603. The molecule has 2 aromatic rings. The van der Waals surface area contributed by atoms with E-state index < -0.39 is 6.04 Å². The summed E-state index contributed by atoms with van der Waals surface area (Å²) in [5.41, 5.74) is 9.80. The van der Waals surface area contributed by atoms with Crippen LogP contribution < -0.4 is 5.73 Å². The van der Waals surface area contributed by atoms with Crippen molar-refractivity contribution in [3.05, 3.63) is 67.3 Å². The van der Waals surface area contributed by atoms with Crippen LogP contribution in [0.25, 0.3) is 0 Å². The van der Waals surface area contributed by atoms with Crippen LogP contribution in [0.5, 0.6) is 0 Å². The third kappa shape index (κ3) is 3.07. The number of benzene rings is 2. The highest BCUT2D eigenvalue weighted by molar-refractivity contribution is 9.10. The molecular formula is C15H14Br2FN. The molecule has 2 rings (SSSR count). The predicted octanol–water partition coefficient (Wildman–Crippen LogP) is 5.02. The Morgan fingerprint density at radius 2 is 1.63 bits per heavy atom. The van der Waals surface area contributed by atoms with Gasteiger partial charge in [-0.25, -0.2) is 4.39 Å². The zero-order valence-corrected chi connectivity index (χ0v) is 13.8. The topological polar surface area (TPSA) is 26.0 Å². The smallest absolute Gasteiger partial charge is 0.128 e. The maximum absolute atomic E-state index is 13.9.